The molecular weight excluding hydrogens is 168 g/mol. The molecule has 0 heterocycles. The van der Waals surface area contributed by atoms with Crippen molar-refractivity contribution in [2.75, 3.05) is 0 Å². The average Bonchev–Trinajstić information content (AvgIpc) is 3.00. The van der Waals surface area contributed by atoms with Crippen LogP contribution in [0, 0.1) is 12.0 Å². The fourth-order valence-electron chi connectivity index (χ4n) is 1.95. The third kappa shape index (κ3) is 2.37. The van der Waals surface area contributed by atoms with Crippen molar-refractivity contribution in [3.8, 4) is 0 Å². The van der Waals surface area contributed by atoms with Crippen LogP contribution in [0.5, 0.6) is 0 Å². The molecule has 0 unspecified atom stereocenters. The standard InChI is InChI=1S/C14H19/c1-14(2,11-10-12-8-9-12)13-6-4-3-5-7-13/h4-7,12H,8-11H2,1-2H3. The van der Waals surface area contributed by atoms with Crippen LogP contribution in [0.2, 0.25) is 0 Å². The number of hydrogen-bond acceptors (Lipinski definition) is 0. The Labute approximate surface area is 87.3 Å². The molecule has 0 saturated heterocycles. The summed E-state index contributed by atoms with van der Waals surface area (Å²) < 4.78 is 0. The summed E-state index contributed by atoms with van der Waals surface area (Å²) in [6, 6.07) is 11.5. The Morgan fingerprint density at radius 1 is 1.29 bits per heavy atom. The van der Waals surface area contributed by atoms with Crippen molar-refractivity contribution in [1.29, 1.82) is 0 Å². The van der Waals surface area contributed by atoms with Gasteiger partial charge in [-0.1, -0.05) is 51.0 Å². The Morgan fingerprint density at radius 3 is 2.50 bits per heavy atom. The molecule has 1 aromatic carbocycles. The molecule has 0 N–H and O–H groups in total. The molecule has 1 radical (unpaired) electrons. The summed E-state index contributed by atoms with van der Waals surface area (Å²) in [5.74, 6) is 1.05. The summed E-state index contributed by atoms with van der Waals surface area (Å²) >= 11 is 0. The smallest absolute Gasteiger partial charge is 0.0103 e. The Bertz CT molecular complexity index is 280. The molecule has 1 aromatic rings. The highest BCUT2D eigenvalue weighted by atomic mass is 14.3. The van der Waals surface area contributed by atoms with Crippen LogP contribution in [0.15, 0.2) is 24.3 Å². The maximum absolute atomic E-state index is 3.08. The van der Waals surface area contributed by atoms with Crippen LogP contribution in [-0.4, -0.2) is 0 Å². The molecule has 75 valence electrons. The minimum absolute atomic E-state index is 0.345. The molecule has 1 saturated carbocycles. The van der Waals surface area contributed by atoms with E-state index in [4.69, 9.17) is 0 Å². The van der Waals surface area contributed by atoms with Crippen LogP contribution in [0.1, 0.15) is 45.1 Å². The van der Waals surface area contributed by atoms with Gasteiger partial charge in [0.05, 0.1) is 0 Å². The lowest BCUT2D eigenvalue weighted by molar-refractivity contribution is 0.445. The molecule has 1 fully saturated rings. The molecule has 0 amide bonds. The van der Waals surface area contributed by atoms with E-state index in [9.17, 15) is 0 Å². The van der Waals surface area contributed by atoms with Crippen LogP contribution in [0.4, 0.5) is 0 Å². The van der Waals surface area contributed by atoms with Gasteiger partial charge in [0.2, 0.25) is 0 Å². The number of rotatable bonds is 4. The number of benzene rings is 1. The van der Waals surface area contributed by atoms with E-state index in [1.807, 2.05) is 12.1 Å². The third-order valence-electron chi connectivity index (χ3n) is 3.37. The summed E-state index contributed by atoms with van der Waals surface area (Å²) in [6.45, 7) is 4.70. The topological polar surface area (TPSA) is 0 Å². The predicted octanol–water partition coefficient (Wildman–Crippen LogP) is 3.95. The molecule has 0 aliphatic heterocycles. The van der Waals surface area contributed by atoms with Crippen molar-refractivity contribution in [3.05, 3.63) is 35.9 Å². The lowest BCUT2D eigenvalue weighted by Crippen LogP contribution is -2.16. The molecule has 1 aliphatic carbocycles. The van der Waals surface area contributed by atoms with Gasteiger partial charge >= 0.3 is 0 Å². The van der Waals surface area contributed by atoms with Gasteiger partial charge in [-0.3, -0.25) is 0 Å². The lowest BCUT2D eigenvalue weighted by atomic mass is 9.80. The molecular formula is C14H19. The van der Waals surface area contributed by atoms with Gasteiger partial charge in [0.25, 0.3) is 0 Å². The molecule has 0 atom stereocenters. The van der Waals surface area contributed by atoms with E-state index in [0.29, 0.717) is 5.41 Å². The van der Waals surface area contributed by atoms with E-state index in [1.165, 1.54) is 31.2 Å². The zero-order valence-corrected chi connectivity index (χ0v) is 9.22. The molecule has 14 heavy (non-hydrogen) atoms. The zero-order chi connectivity index (χ0) is 10.0. The first-order valence-electron chi connectivity index (χ1n) is 5.65. The van der Waals surface area contributed by atoms with E-state index >= 15 is 0 Å². The van der Waals surface area contributed by atoms with Gasteiger partial charge in [0.1, 0.15) is 0 Å². The van der Waals surface area contributed by atoms with Crippen molar-refractivity contribution in [2.45, 2.75) is 44.9 Å². The third-order valence-corrected chi connectivity index (χ3v) is 3.37. The van der Waals surface area contributed by atoms with Crippen LogP contribution in [-0.2, 0) is 5.41 Å². The normalized spacial score (nSPS) is 17.0. The molecule has 0 spiro atoms. The van der Waals surface area contributed by atoms with Gasteiger partial charge in [-0.05, 0) is 35.8 Å². The fraction of sp³-hybridized carbons (Fsp3) is 0.571. The zero-order valence-electron chi connectivity index (χ0n) is 9.22. The highest BCUT2D eigenvalue weighted by molar-refractivity contribution is 5.22. The van der Waals surface area contributed by atoms with Crippen LogP contribution in [0.3, 0.4) is 0 Å². The van der Waals surface area contributed by atoms with E-state index in [2.05, 4.69) is 32.0 Å². The second kappa shape index (κ2) is 3.76. The van der Waals surface area contributed by atoms with E-state index in [0.717, 1.165) is 5.92 Å². The maximum Gasteiger partial charge on any atom is -0.0103 e. The first-order chi connectivity index (χ1) is 6.68. The first kappa shape index (κ1) is 9.76. The number of hydrogen-bond donors (Lipinski definition) is 0. The van der Waals surface area contributed by atoms with Crippen molar-refractivity contribution in [1.82, 2.24) is 0 Å². The summed E-state index contributed by atoms with van der Waals surface area (Å²) in [4.78, 5) is 0. The average molecular weight is 187 g/mol. The fourth-order valence-corrected chi connectivity index (χ4v) is 1.95. The SMILES string of the molecule is CC(C)(CCC1CC1)c1cc[c]cc1. The van der Waals surface area contributed by atoms with Gasteiger partial charge in [0.15, 0.2) is 0 Å². The second-order valence-electron chi connectivity index (χ2n) is 5.15. The summed E-state index contributed by atoms with van der Waals surface area (Å²) in [6.07, 6.45) is 5.67. The Hall–Kier alpha value is -0.780. The van der Waals surface area contributed by atoms with Crippen LogP contribution in [0.25, 0.3) is 0 Å². The van der Waals surface area contributed by atoms with Crippen molar-refractivity contribution >= 4 is 0 Å². The Balaban J connectivity index is 1.99. The van der Waals surface area contributed by atoms with E-state index in [1.54, 1.807) is 0 Å². The van der Waals surface area contributed by atoms with Crippen LogP contribution >= 0.6 is 0 Å². The second-order valence-corrected chi connectivity index (χ2v) is 5.15. The Morgan fingerprint density at radius 2 is 1.93 bits per heavy atom. The molecule has 2 rings (SSSR count). The monoisotopic (exact) mass is 187 g/mol. The lowest BCUT2D eigenvalue weighted by Gasteiger charge is -2.25. The highest BCUT2D eigenvalue weighted by Gasteiger charge is 2.26. The van der Waals surface area contributed by atoms with E-state index in [-0.39, 0.29) is 0 Å². The molecule has 0 heteroatoms. The molecule has 0 bridgehead atoms. The van der Waals surface area contributed by atoms with Crippen LogP contribution < -0.4 is 0 Å². The maximum atomic E-state index is 3.08. The first-order valence-corrected chi connectivity index (χ1v) is 5.65. The molecule has 0 aromatic heterocycles. The summed E-state index contributed by atoms with van der Waals surface area (Å²) in [5, 5.41) is 0. The quantitative estimate of drug-likeness (QED) is 0.669. The minimum Gasteiger partial charge on any atom is -0.0579 e. The van der Waals surface area contributed by atoms with E-state index < -0.39 is 0 Å². The largest absolute Gasteiger partial charge is 0.0579 e. The van der Waals surface area contributed by atoms with Gasteiger partial charge in [-0.25, -0.2) is 0 Å². The summed E-state index contributed by atoms with van der Waals surface area (Å²) in [7, 11) is 0. The highest BCUT2D eigenvalue weighted by Crippen LogP contribution is 2.38. The van der Waals surface area contributed by atoms with Crippen molar-refractivity contribution in [3.63, 3.8) is 0 Å². The molecule has 1 aliphatic rings. The minimum atomic E-state index is 0.345. The molecule has 0 nitrogen and oxygen atoms in total. The van der Waals surface area contributed by atoms with Gasteiger partial charge < -0.3 is 0 Å². The summed E-state index contributed by atoms with van der Waals surface area (Å²) in [5.41, 5.74) is 1.80. The van der Waals surface area contributed by atoms with Gasteiger partial charge in [0, 0.05) is 0 Å². The van der Waals surface area contributed by atoms with Gasteiger partial charge in [-0.15, -0.1) is 0 Å². The van der Waals surface area contributed by atoms with Gasteiger partial charge in [-0.2, -0.15) is 0 Å². The Kier molecular flexibility index (Phi) is 2.62. The van der Waals surface area contributed by atoms with Crippen molar-refractivity contribution in [2.24, 2.45) is 5.92 Å². The predicted molar refractivity (Wildman–Crippen MR) is 60.3 cm³/mol. The van der Waals surface area contributed by atoms with Crippen molar-refractivity contribution < 1.29 is 0 Å².